The van der Waals surface area contributed by atoms with Crippen LogP contribution in [0.1, 0.15) is 42.1 Å². The maximum Gasteiger partial charge on any atom is 0.191 e. The summed E-state index contributed by atoms with van der Waals surface area (Å²) in [6, 6.07) is 9.74. The molecule has 0 fully saturated rings. The van der Waals surface area contributed by atoms with Gasteiger partial charge >= 0.3 is 0 Å². The van der Waals surface area contributed by atoms with Crippen LogP contribution in [0.15, 0.2) is 40.7 Å². The Morgan fingerprint density at radius 2 is 2.08 bits per heavy atom. The zero-order valence-electron chi connectivity index (χ0n) is 15.0. The van der Waals surface area contributed by atoms with Crippen LogP contribution in [0, 0.1) is 6.92 Å². The van der Waals surface area contributed by atoms with Gasteiger partial charge < -0.3 is 15.7 Å². The standard InChI is InChI=1S/C19H28N4OS/c1-3-20-19(21-12-7-10-18-23-15(2)14-25-18)22-13-11-17(24)16-8-5-4-6-9-16/h4-6,8-9,14,17,24H,3,7,10-13H2,1-2H3,(H2,20,21,22). The number of hydrogen-bond acceptors (Lipinski definition) is 4. The van der Waals surface area contributed by atoms with E-state index in [2.05, 4.69) is 26.0 Å². The molecule has 2 rings (SSSR count). The molecule has 136 valence electrons. The summed E-state index contributed by atoms with van der Waals surface area (Å²) in [5.41, 5.74) is 2.04. The second-order valence-electron chi connectivity index (χ2n) is 5.89. The molecule has 0 amide bonds. The van der Waals surface area contributed by atoms with Gasteiger partial charge in [-0.05, 0) is 32.3 Å². The molecule has 2 aromatic rings. The van der Waals surface area contributed by atoms with Crippen molar-refractivity contribution in [2.24, 2.45) is 4.99 Å². The smallest absolute Gasteiger partial charge is 0.191 e. The number of aliphatic imine (C=N–C) groups is 1. The van der Waals surface area contributed by atoms with Crippen LogP contribution < -0.4 is 10.6 Å². The zero-order valence-corrected chi connectivity index (χ0v) is 15.9. The molecule has 0 spiro atoms. The Bertz CT molecular complexity index is 642. The van der Waals surface area contributed by atoms with Crippen molar-refractivity contribution in [1.82, 2.24) is 15.6 Å². The van der Waals surface area contributed by atoms with Gasteiger partial charge in [-0.2, -0.15) is 0 Å². The van der Waals surface area contributed by atoms with Gasteiger partial charge in [0, 0.05) is 37.1 Å². The third-order valence-corrected chi connectivity index (χ3v) is 4.75. The molecule has 25 heavy (non-hydrogen) atoms. The Morgan fingerprint density at radius 3 is 2.76 bits per heavy atom. The van der Waals surface area contributed by atoms with Crippen molar-refractivity contribution in [1.29, 1.82) is 0 Å². The van der Waals surface area contributed by atoms with Crippen molar-refractivity contribution in [2.45, 2.75) is 39.2 Å². The number of thiazole rings is 1. The van der Waals surface area contributed by atoms with Crippen LogP contribution in [0.2, 0.25) is 0 Å². The zero-order chi connectivity index (χ0) is 17.9. The number of hydrogen-bond donors (Lipinski definition) is 3. The fraction of sp³-hybridized carbons (Fsp3) is 0.474. The number of benzene rings is 1. The fourth-order valence-electron chi connectivity index (χ4n) is 2.45. The predicted octanol–water partition coefficient (Wildman–Crippen LogP) is 3.06. The molecule has 5 nitrogen and oxygen atoms in total. The maximum absolute atomic E-state index is 10.2. The number of aliphatic hydroxyl groups is 1. The van der Waals surface area contributed by atoms with Gasteiger partial charge in [-0.3, -0.25) is 4.99 Å². The first-order valence-electron chi connectivity index (χ1n) is 8.85. The highest BCUT2D eigenvalue weighted by Crippen LogP contribution is 2.14. The van der Waals surface area contributed by atoms with E-state index in [0.29, 0.717) is 13.0 Å². The second kappa shape index (κ2) is 10.8. The van der Waals surface area contributed by atoms with Crippen LogP contribution in [-0.2, 0) is 6.42 Å². The number of rotatable bonds is 9. The van der Waals surface area contributed by atoms with Crippen molar-refractivity contribution < 1.29 is 5.11 Å². The van der Waals surface area contributed by atoms with E-state index < -0.39 is 6.10 Å². The molecule has 0 aliphatic carbocycles. The van der Waals surface area contributed by atoms with Gasteiger partial charge in [0.15, 0.2) is 5.96 Å². The Labute approximate surface area is 154 Å². The molecule has 0 radical (unpaired) electrons. The molecule has 1 aromatic carbocycles. The third kappa shape index (κ3) is 7.23. The number of aromatic nitrogens is 1. The molecule has 0 bridgehead atoms. The summed E-state index contributed by atoms with van der Waals surface area (Å²) in [5.74, 6) is 0.804. The van der Waals surface area contributed by atoms with Crippen molar-refractivity contribution in [3.8, 4) is 0 Å². The van der Waals surface area contributed by atoms with Gasteiger partial charge in [-0.15, -0.1) is 11.3 Å². The lowest BCUT2D eigenvalue weighted by Crippen LogP contribution is -2.38. The normalized spacial score (nSPS) is 12.8. The number of nitrogens with one attached hydrogen (secondary N) is 2. The second-order valence-corrected chi connectivity index (χ2v) is 6.83. The summed E-state index contributed by atoms with van der Waals surface area (Å²) in [7, 11) is 0. The van der Waals surface area contributed by atoms with Gasteiger partial charge in [-0.1, -0.05) is 30.3 Å². The first-order valence-corrected chi connectivity index (χ1v) is 9.73. The Balaban J connectivity index is 1.71. The minimum Gasteiger partial charge on any atom is -0.388 e. The lowest BCUT2D eigenvalue weighted by atomic mass is 10.1. The lowest BCUT2D eigenvalue weighted by molar-refractivity contribution is 0.168. The van der Waals surface area contributed by atoms with Crippen molar-refractivity contribution in [3.63, 3.8) is 0 Å². The summed E-state index contributed by atoms with van der Waals surface area (Å²) >= 11 is 1.72. The first kappa shape index (κ1) is 19.4. The van der Waals surface area contributed by atoms with E-state index in [-0.39, 0.29) is 0 Å². The third-order valence-electron chi connectivity index (χ3n) is 3.72. The topological polar surface area (TPSA) is 69.5 Å². The minimum atomic E-state index is -0.454. The summed E-state index contributed by atoms with van der Waals surface area (Å²) in [4.78, 5) is 9.07. The summed E-state index contributed by atoms with van der Waals surface area (Å²) in [5, 5.41) is 20.0. The van der Waals surface area contributed by atoms with E-state index in [1.54, 1.807) is 11.3 Å². The van der Waals surface area contributed by atoms with E-state index >= 15 is 0 Å². The van der Waals surface area contributed by atoms with Crippen molar-refractivity contribution in [3.05, 3.63) is 52.0 Å². The van der Waals surface area contributed by atoms with Gasteiger partial charge in [0.05, 0.1) is 11.1 Å². The molecule has 0 saturated heterocycles. The molecular formula is C19H28N4OS. The van der Waals surface area contributed by atoms with E-state index in [1.165, 1.54) is 5.01 Å². The van der Waals surface area contributed by atoms with Crippen LogP contribution in [0.4, 0.5) is 0 Å². The van der Waals surface area contributed by atoms with E-state index in [9.17, 15) is 5.11 Å². The number of aliphatic hydroxyl groups excluding tert-OH is 1. The number of nitrogens with zero attached hydrogens (tertiary/aromatic N) is 2. The quantitative estimate of drug-likeness (QED) is 0.365. The van der Waals surface area contributed by atoms with Crippen LogP contribution in [-0.4, -0.2) is 35.7 Å². The first-order chi connectivity index (χ1) is 12.2. The summed E-state index contributed by atoms with van der Waals surface area (Å²) in [6.45, 7) is 6.32. The monoisotopic (exact) mass is 360 g/mol. The van der Waals surface area contributed by atoms with Gasteiger partial charge in [-0.25, -0.2) is 4.98 Å². The van der Waals surface area contributed by atoms with Crippen LogP contribution in [0.5, 0.6) is 0 Å². The predicted molar refractivity (Wildman–Crippen MR) is 105 cm³/mol. The molecule has 6 heteroatoms. The molecule has 3 N–H and O–H groups in total. The molecule has 0 aliphatic rings. The van der Waals surface area contributed by atoms with Crippen molar-refractivity contribution >= 4 is 17.3 Å². The highest BCUT2D eigenvalue weighted by atomic mass is 32.1. The largest absolute Gasteiger partial charge is 0.388 e. The Hall–Kier alpha value is -1.92. The maximum atomic E-state index is 10.2. The average Bonchev–Trinajstić information content (AvgIpc) is 3.04. The molecule has 1 atom stereocenters. The van der Waals surface area contributed by atoms with E-state index in [1.807, 2.05) is 44.2 Å². The highest BCUT2D eigenvalue weighted by molar-refractivity contribution is 7.09. The van der Waals surface area contributed by atoms with E-state index in [0.717, 1.165) is 43.1 Å². The van der Waals surface area contributed by atoms with Crippen molar-refractivity contribution in [2.75, 3.05) is 19.6 Å². The SMILES string of the molecule is CCNC(=NCCCc1nc(C)cs1)NCCC(O)c1ccccc1. The van der Waals surface area contributed by atoms with Gasteiger partial charge in [0.1, 0.15) is 0 Å². The summed E-state index contributed by atoms with van der Waals surface area (Å²) in [6.07, 6.45) is 2.14. The summed E-state index contributed by atoms with van der Waals surface area (Å²) < 4.78 is 0. The van der Waals surface area contributed by atoms with Gasteiger partial charge in [0.25, 0.3) is 0 Å². The minimum absolute atomic E-state index is 0.454. The number of guanidine groups is 1. The average molecular weight is 361 g/mol. The highest BCUT2D eigenvalue weighted by Gasteiger charge is 2.07. The van der Waals surface area contributed by atoms with Crippen LogP contribution in [0.25, 0.3) is 0 Å². The molecule has 0 saturated carbocycles. The Kier molecular flexibility index (Phi) is 8.42. The number of aryl methyl sites for hydroxylation is 2. The molecule has 1 aromatic heterocycles. The lowest BCUT2D eigenvalue weighted by Gasteiger charge is -2.14. The van der Waals surface area contributed by atoms with Crippen LogP contribution >= 0.6 is 11.3 Å². The molecule has 0 aliphatic heterocycles. The molecule has 1 heterocycles. The van der Waals surface area contributed by atoms with Crippen LogP contribution in [0.3, 0.4) is 0 Å². The molecule has 1 unspecified atom stereocenters. The fourth-order valence-corrected chi connectivity index (χ4v) is 3.27. The Morgan fingerprint density at radius 1 is 1.28 bits per heavy atom. The van der Waals surface area contributed by atoms with Gasteiger partial charge in [0.2, 0.25) is 0 Å². The molecular weight excluding hydrogens is 332 g/mol. The van der Waals surface area contributed by atoms with E-state index in [4.69, 9.17) is 0 Å².